The number of sulfonamides is 1. The lowest BCUT2D eigenvalue weighted by Crippen LogP contribution is -2.16. The number of carbonyl (C=O) groups is 1. The summed E-state index contributed by atoms with van der Waals surface area (Å²) in [6, 6.07) is 16.4. The Labute approximate surface area is 154 Å². The van der Waals surface area contributed by atoms with E-state index in [1.165, 1.54) is 6.07 Å². The lowest BCUT2D eigenvalue weighted by molar-refractivity contribution is 0.102. The van der Waals surface area contributed by atoms with Crippen molar-refractivity contribution < 1.29 is 13.2 Å². The fourth-order valence-electron chi connectivity index (χ4n) is 2.13. The van der Waals surface area contributed by atoms with Gasteiger partial charge in [-0.15, -0.1) is 11.3 Å². The summed E-state index contributed by atoms with van der Waals surface area (Å²) in [6.45, 7) is 0. The Balaban J connectivity index is 1.87. The largest absolute Gasteiger partial charge is 0.320 e. The minimum Gasteiger partial charge on any atom is -0.320 e. The van der Waals surface area contributed by atoms with E-state index in [0.29, 0.717) is 16.3 Å². The molecule has 0 atom stereocenters. The maximum Gasteiger partial charge on any atom is 0.271 e. The third-order valence-corrected chi connectivity index (χ3v) is 6.39. The summed E-state index contributed by atoms with van der Waals surface area (Å²) in [4.78, 5) is 12.4. The highest BCUT2D eigenvalue weighted by Gasteiger charge is 2.18. The molecule has 0 radical (unpaired) electrons. The van der Waals surface area contributed by atoms with Crippen LogP contribution in [0.15, 0.2) is 70.3 Å². The molecule has 0 saturated carbocycles. The van der Waals surface area contributed by atoms with Crippen molar-refractivity contribution in [2.24, 2.45) is 0 Å². The summed E-state index contributed by atoms with van der Waals surface area (Å²) < 4.78 is 27.5. The summed E-state index contributed by atoms with van der Waals surface area (Å²) in [5, 5.41) is 4.69. The van der Waals surface area contributed by atoms with E-state index >= 15 is 0 Å². The highest BCUT2D eigenvalue weighted by molar-refractivity contribution is 7.94. The zero-order valence-electron chi connectivity index (χ0n) is 12.8. The summed E-state index contributed by atoms with van der Waals surface area (Å²) >= 11 is 7.14. The fourth-order valence-corrected chi connectivity index (χ4v) is 4.42. The number of halogens is 1. The first-order valence-corrected chi connectivity index (χ1v) is 9.93. The summed E-state index contributed by atoms with van der Waals surface area (Å²) in [5.74, 6) is -0.423. The van der Waals surface area contributed by atoms with E-state index in [2.05, 4.69) is 10.0 Å². The van der Waals surface area contributed by atoms with Gasteiger partial charge in [0.05, 0.1) is 22.0 Å². The maximum atomic E-state index is 12.4. The number of hydrogen-bond donors (Lipinski definition) is 2. The molecule has 0 aliphatic rings. The second-order valence-electron chi connectivity index (χ2n) is 5.02. The second-order valence-corrected chi connectivity index (χ2v) is 8.28. The third kappa shape index (κ3) is 4.01. The monoisotopic (exact) mass is 392 g/mol. The van der Waals surface area contributed by atoms with Crippen LogP contribution >= 0.6 is 22.9 Å². The van der Waals surface area contributed by atoms with Crippen LogP contribution in [-0.2, 0) is 10.0 Å². The molecular formula is C17H13ClN2O3S2. The van der Waals surface area contributed by atoms with Crippen molar-refractivity contribution >= 4 is 50.2 Å². The predicted molar refractivity (Wildman–Crippen MR) is 101 cm³/mol. The number of amides is 1. The molecule has 0 bridgehead atoms. The number of hydrogen-bond acceptors (Lipinski definition) is 4. The van der Waals surface area contributed by atoms with E-state index < -0.39 is 15.9 Å². The summed E-state index contributed by atoms with van der Waals surface area (Å²) in [7, 11) is -3.71. The van der Waals surface area contributed by atoms with Crippen molar-refractivity contribution in [2.75, 3.05) is 10.0 Å². The van der Waals surface area contributed by atoms with Crippen LogP contribution in [0.2, 0.25) is 5.02 Å². The molecule has 5 nitrogen and oxygen atoms in total. The van der Waals surface area contributed by atoms with Crippen LogP contribution in [0.1, 0.15) is 10.4 Å². The van der Waals surface area contributed by atoms with Gasteiger partial charge in [0.2, 0.25) is 0 Å². The van der Waals surface area contributed by atoms with Crippen molar-refractivity contribution in [3.8, 4) is 0 Å². The Bertz CT molecular complexity index is 1000. The summed E-state index contributed by atoms with van der Waals surface area (Å²) in [6.07, 6.45) is 0. The van der Waals surface area contributed by atoms with Gasteiger partial charge in [-0.25, -0.2) is 8.42 Å². The Hall–Kier alpha value is -2.35. The molecule has 0 saturated heterocycles. The minimum absolute atomic E-state index is 0.194. The van der Waals surface area contributed by atoms with Gasteiger partial charge in [-0.2, -0.15) is 0 Å². The lowest BCUT2D eigenvalue weighted by atomic mass is 10.2. The smallest absolute Gasteiger partial charge is 0.271 e. The van der Waals surface area contributed by atoms with Gasteiger partial charge in [0, 0.05) is 0 Å². The molecule has 3 rings (SSSR count). The molecule has 2 N–H and O–H groups in total. The van der Waals surface area contributed by atoms with E-state index in [-0.39, 0.29) is 9.90 Å². The average Bonchev–Trinajstić information content (AvgIpc) is 3.12. The normalized spacial score (nSPS) is 11.1. The molecule has 128 valence electrons. The fraction of sp³-hybridized carbons (Fsp3) is 0. The molecule has 0 aliphatic heterocycles. The van der Waals surface area contributed by atoms with Crippen molar-refractivity contribution in [1.82, 2.24) is 0 Å². The molecule has 1 heterocycles. The molecule has 0 fully saturated rings. The molecule has 0 aliphatic carbocycles. The van der Waals surface area contributed by atoms with Gasteiger partial charge in [-0.05, 0) is 35.7 Å². The molecule has 8 heteroatoms. The number of rotatable bonds is 5. The van der Waals surface area contributed by atoms with E-state index in [1.807, 2.05) is 0 Å². The first-order valence-electron chi connectivity index (χ1n) is 7.18. The standard InChI is InChI=1S/C17H13ClN2O3S2/c18-13-7-2-1-6-12(13)17(21)19-14-8-3-4-9-15(14)20-25(22,23)16-10-5-11-24-16/h1-11,20H,(H,19,21). The Morgan fingerprint density at radius 1 is 0.920 bits per heavy atom. The van der Waals surface area contributed by atoms with Crippen LogP contribution in [0.5, 0.6) is 0 Å². The number of benzene rings is 2. The Morgan fingerprint density at radius 2 is 1.60 bits per heavy atom. The van der Waals surface area contributed by atoms with Gasteiger partial charge in [0.1, 0.15) is 4.21 Å². The molecule has 0 unspecified atom stereocenters. The number of para-hydroxylation sites is 2. The van der Waals surface area contributed by atoms with Gasteiger partial charge in [-0.1, -0.05) is 41.9 Å². The molecule has 25 heavy (non-hydrogen) atoms. The first-order chi connectivity index (χ1) is 12.0. The summed E-state index contributed by atoms with van der Waals surface area (Å²) in [5.41, 5.74) is 0.920. The van der Waals surface area contributed by atoms with Crippen LogP contribution in [0.4, 0.5) is 11.4 Å². The van der Waals surface area contributed by atoms with Crippen molar-refractivity contribution in [1.29, 1.82) is 0 Å². The zero-order valence-corrected chi connectivity index (χ0v) is 15.2. The van der Waals surface area contributed by atoms with E-state index in [9.17, 15) is 13.2 Å². The zero-order chi connectivity index (χ0) is 17.9. The molecule has 0 spiro atoms. The highest BCUT2D eigenvalue weighted by Crippen LogP contribution is 2.27. The van der Waals surface area contributed by atoms with Crippen LogP contribution < -0.4 is 10.0 Å². The number of carbonyl (C=O) groups excluding carboxylic acids is 1. The third-order valence-electron chi connectivity index (χ3n) is 3.30. The van der Waals surface area contributed by atoms with Crippen molar-refractivity contribution in [3.63, 3.8) is 0 Å². The van der Waals surface area contributed by atoms with Gasteiger partial charge in [0.25, 0.3) is 15.9 Å². The number of nitrogens with one attached hydrogen (secondary N) is 2. The number of anilines is 2. The number of thiophene rings is 1. The molecule has 1 aromatic heterocycles. The van der Waals surface area contributed by atoms with Gasteiger partial charge >= 0.3 is 0 Å². The van der Waals surface area contributed by atoms with E-state index in [1.54, 1.807) is 60.0 Å². The van der Waals surface area contributed by atoms with Crippen LogP contribution in [0.25, 0.3) is 0 Å². The van der Waals surface area contributed by atoms with Crippen LogP contribution in [-0.4, -0.2) is 14.3 Å². The van der Waals surface area contributed by atoms with E-state index in [4.69, 9.17) is 11.6 Å². The van der Waals surface area contributed by atoms with Gasteiger partial charge in [0.15, 0.2) is 0 Å². The molecule has 2 aromatic carbocycles. The van der Waals surface area contributed by atoms with Crippen molar-refractivity contribution in [3.05, 3.63) is 76.6 Å². The lowest BCUT2D eigenvalue weighted by Gasteiger charge is -2.13. The maximum absolute atomic E-state index is 12.4. The van der Waals surface area contributed by atoms with Crippen molar-refractivity contribution in [2.45, 2.75) is 4.21 Å². The highest BCUT2D eigenvalue weighted by atomic mass is 35.5. The topological polar surface area (TPSA) is 75.3 Å². The Morgan fingerprint density at radius 3 is 2.28 bits per heavy atom. The molecule has 1 amide bonds. The Kier molecular flexibility index (Phi) is 5.08. The molecule has 3 aromatic rings. The van der Waals surface area contributed by atoms with Crippen LogP contribution in [0, 0.1) is 0 Å². The van der Waals surface area contributed by atoms with Gasteiger partial charge in [-0.3, -0.25) is 9.52 Å². The van der Waals surface area contributed by atoms with Gasteiger partial charge < -0.3 is 5.32 Å². The predicted octanol–water partition coefficient (Wildman–Crippen LogP) is 4.45. The molecular weight excluding hydrogens is 380 g/mol. The average molecular weight is 393 g/mol. The SMILES string of the molecule is O=C(Nc1ccccc1NS(=O)(=O)c1cccs1)c1ccccc1Cl. The van der Waals surface area contributed by atoms with E-state index in [0.717, 1.165) is 11.3 Å². The first kappa shape index (κ1) is 17.5. The van der Waals surface area contributed by atoms with Crippen LogP contribution in [0.3, 0.4) is 0 Å². The second kappa shape index (κ2) is 7.26. The quantitative estimate of drug-likeness (QED) is 0.673. The minimum atomic E-state index is -3.71.